The Labute approximate surface area is 257 Å². The molecule has 0 saturated carbocycles. The molecule has 6 aromatic rings. The van der Waals surface area contributed by atoms with Gasteiger partial charge in [-0.25, -0.2) is 17.6 Å². The fourth-order valence-electron chi connectivity index (χ4n) is 5.04. The van der Waals surface area contributed by atoms with E-state index in [2.05, 4.69) is 20.4 Å². The zero-order valence-electron chi connectivity index (χ0n) is 23.9. The number of halogens is 5. The first-order valence-electron chi connectivity index (χ1n) is 13.5. The van der Waals surface area contributed by atoms with Crippen LogP contribution in [-0.4, -0.2) is 20.4 Å². The van der Waals surface area contributed by atoms with E-state index in [1.807, 2.05) is 60.7 Å². The Morgan fingerprint density at radius 3 is 1.16 bits per heavy atom. The minimum Gasteiger partial charge on any atom is -0.206 e. The highest BCUT2D eigenvalue weighted by Gasteiger charge is 2.23. The van der Waals surface area contributed by atoms with Crippen molar-refractivity contribution in [2.75, 3.05) is 0 Å². The van der Waals surface area contributed by atoms with Gasteiger partial charge in [-0.2, -0.15) is 15.3 Å². The second-order valence-corrected chi connectivity index (χ2v) is 10.2. The molecule has 4 aromatic carbocycles. The molecule has 0 atom stereocenters. The van der Waals surface area contributed by atoms with E-state index in [0.29, 0.717) is 33.8 Å². The topological polar surface area (TPSA) is 51.6 Å². The Kier molecular flexibility index (Phi) is 9.11. The minimum absolute atomic E-state index is 0.0338. The molecule has 4 nitrogen and oxygen atoms in total. The van der Waals surface area contributed by atoms with Gasteiger partial charge in [0.1, 0.15) is 23.3 Å². The summed E-state index contributed by atoms with van der Waals surface area (Å²) in [5.41, 5.74) is 5.01. The molecule has 0 spiro atoms. The molecule has 0 aliphatic heterocycles. The average molecular weight is 613 g/mol. The van der Waals surface area contributed by atoms with Gasteiger partial charge in [0.2, 0.25) is 0 Å². The van der Waals surface area contributed by atoms with Crippen LogP contribution in [0.15, 0.2) is 97.1 Å². The molecular formula is C35H25ClF4N4. The standard InChI is InChI=1S/C18H14F2N2.C17H11ClF2N2/c1-11-16(13-7-4-3-5-8-13)17(12(2)22-21-11)18-14(19)9-6-10-15(18)20;1-10-14(11-6-3-2-4-7-11)16(17(18)22-21-10)15-12(19)8-5-9-13(15)20/h3-10H,1-2H3;2-9H,1H3. The van der Waals surface area contributed by atoms with Crippen LogP contribution < -0.4 is 0 Å². The first-order valence-corrected chi connectivity index (χ1v) is 13.9. The predicted molar refractivity (Wildman–Crippen MR) is 165 cm³/mol. The normalized spacial score (nSPS) is 10.7. The predicted octanol–water partition coefficient (Wildman–Crippen LogP) is 9.76. The highest BCUT2D eigenvalue weighted by molar-refractivity contribution is 6.32. The third-order valence-electron chi connectivity index (χ3n) is 6.98. The van der Waals surface area contributed by atoms with E-state index in [4.69, 9.17) is 11.6 Å². The molecule has 6 rings (SSSR count). The third-order valence-corrected chi connectivity index (χ3v) is 7.24. The maximum Gasteiger partial charge on any atom is 0.160 e. The quantitative estimate of drug-likeness (QED) is 0.186. The first-order chi connectivity index (χ1) is 21.2. The molecule has 2 aromatic heterocycles. The SMILES string of the molecule is Cc1nnc(C)c(-c2c(F)cccc2F)c1-c1ccccc1.Cc1nnc(Cl)c(-c2c(F)cccc2F)c1-c1ccccc1. The molecular weight excluding hydrogens is 588 g/mol. The molecule has 9 heteroatoms. The zero-order valence-corrected chi connectivity index (χ0v) is 24.7. The number of nitrogens with zero attached hydrogens (tertiary/aromatic N) is 4. The summed E-state index contributed by atoms with van der Waals surface area (Å²) in [7, 11) is 0. The molecule has 0 saturated heterocycles. The van der Waals surface area contributed by atoms with Crippen LogP contribution in [0.4, 0.5) is 17.6 Å². The summed E-state index contributed by atoms with van der Waals surface area (Å²) in [6.07, 6.45) is 0. The molecule has 0 radical (unpaired) electrons. The van der Waals surface area contributed by atoms with Gasteiger partial charge in [-0.05, 0) is 56.2 Å². The van der Waals surface area contributed by atoms with Crippen molar-refractivity contribution < 1.29 is 17.6 Å². The second kappa shape index (κ2) is 13.1. The van der Waals surface area contributed by atoms with E-state index in [1.165, 1.54) is 36.4 Å². The van der Waals surface area contributed by atoms with Crippen LogP contribution in [0, 0.1) is 44.0 Å². The monoisotopic (exact) mass is 612 g/mol. The summed E-state index contributed by atoms with van der Waals surface area (Å²) in [6, 6.07) is 26.2. The van der Waals surface area contributed by atoms with Crippen molar-refractivity contribution in [2.24, 2.45) is 0 Å². The summed E-state index contributed by atoms with van der Waals surface area (Å²) in [5, 5.41) is 15.9. The van der Waals surface area contributed by atoms with Gasteiger partial charge >= 0.3 is 0 Å². The number of benzene rings is 4. The fraction of sp³-hybridized carbons (Fsp3) is 0.0857. The van der Waals surface area contributed by atoms with Crippen LogP contribution in [0.2, 0.25) is 5.15 Å². The molecule has 2 heterocycles. The Bertz CT molecular complexity index is 1770. The molecule has 0 unspecified atom stereocenters. The van der Waals surface area contributed by atoms with Crippen molar-refractivity contribution in [1.82, 2.24) is 20.4 Å². The molecule has 0 fully saturated rings. The molecule has 0 amide bonds. The molecule has 220 valence electrons. The summed E-state index contributed by atoms with van der Waals surface area (Å²) < 4.78 is 56.9. The Morgan fingerprint density at radius 1 is 0.386 bits per heavy atom. The van der Waals surface area contributed by atoms with Crippen LogP contribution in [0.5, 0.6) is 0 Å². The number of aromatic nitrogens is 4. The van der Waals surface area contributed by atoms with Crippen molar-refractivity contribution in [3.05, 3.63) is 143 Å². The lowest BCUT2D eigenvalue weighted by molar-refractivity contribution is 0.588. The summed E-state index contributed by atoms with van der Waals surface area (Å²) >= 11 is 6.12. The van der Waals surface area contributed by atoms with Gasteiger partial charge in [-0.15, -0.1) is 5.10 Å². The van der Waals surface area contributed by atoms with Gasteiger partial charge in [0.15, 0.2) is 5.15 Å². The number of aryl methyl sites for hydroxylation is 3. The molecule has 0 bridgehead atoms. The molecule has 44 heavy (non-hydrogen) atoms. The summed E-state index contributed by atoms with van der Waals surface area (Å²) in [5.74, 6) is -2.58. The Balaban J connectivity index is 0.000000175. The van der Waals surface area contributed by atoms with Crippen LogP contribution in [0.1, 0.15) is 17.1 Å². The van der Waals surface area contributed by atoms with Gasteiger partial charge in [0.05, 0.1) is 28.2 Å². The number of rotatable bonds is 4. The van der Waals surface area contributed by atoms with Crippen LogP contribution >= 0.6 is 11.6 Å². The lowest BCUT2D eigenvalue weighted by atomic mass is 9.92. The number of hydrogen-bond acceptors (Lipinski definition) is 4. The van der Waals surface area contributed by atoms with Gasteiger partial charge in [0, 0.05) is 22.3 Å². The van der Waals surface area contributed by atoms with Crippen LogP contribution in [0.3, 0.4) is 0 Å². The highest BCUT2D eigenvalue weighted by Crippen LogP contribution is 2.40. The average Bonchev–Trinajstić information content (AvgIpc) is 3.01. The van der Waals surface area contributed by atoms with E-state index in [9.17, 15) is 17.6 Å². The van der Waals surface area contributed by atoms with E-state index in [-0.39, 0.29) is 21.8 Å². The molecule has 0 N–H and O–H groups in total. The Hall–Kier alpha value is -4.95. The van der Waals surface area contributed by atoms with E-state index in [0.717, 1.165) is 11.1 Å². The van der Waals surface area contributed by atoms with Gasteiger partial charge in [-0.3, -0.25) is 0 Å². The maximum absolute atomic E-state index is 14.3. The zero-order chi connectivity index (χ0) is 31.4. The first kappa shape index (κ1) is 30.5. The van der Waals surface area contributed by atoms with Crippen molar-refractivity contribution in [2.45, 2.75) is 20.8 Å². The van der Waals surface area contributed by atoms with Crippen LogP contribution in [0.25, 0.3) is 44.5 Å². The summed E-state index contributed by atoms with van der Waals surface area (Å²) in [6.45, 7) is 5.23. The van der Waals surface area contributed by atoms with Gasteiger partial charge in [-0.1, -0.05) is 84.4 Å². The van der Waals surface area contributed by atoms with Crippen molar-refractivity contribution in [1.29, 1.82) is 0 Å². The lowest BCUT2D eigenvalue weighted by Crippen LogP contribution is -2.02. The smallest absolute Gasteiger partial charge is 0.160 e. The minimum atomic E-state index is -0.688. The highest BCUT2D eigenvalue weighted by atomic mass is 35.5. The summed E-state index contributed by atoms with van der Waals surface area (Å²) in [4.78, 5) is 0. The van der Waals surface area contributed by atoms with E-state index in [1.54, 1.807) is 20.8 Å². The van der Waals surface area contributed by atoms with Crippen molar-refractivity contribution >= 4 is 11.6 Å². The number of hydrogen-bond donors (Lipinski definition) is 0. The molecule has 0 aliphatic rings. The van der Waals surface area contributed by atoms with E-state index >= 15 is 0 Å². The lowest BCUT2D eigenvalue weighted by Gasteiger charge is -2.15. The van der Waals surface area contributed by atoms with Gasteiger partial charge in [0.25, 0.3) is 0 Å². The fourth-order valence-corrected chi connectivity index (χ4v) is 5.26. The van der Waals surface area contributed by atoms with E-state index < -0.39 is 23.3 Å². The van der Waals surface area contributed by atoms with Crippen molar-refractivity contribution in [3.63, 3.8) is 0 Å². The van der Waals surface area contributed by atoms with Gasteiger partial charge < -0.3 is 0 Å². The van der Waals surface area contributed by atoms with Crippen molar-refractivity contribution in [3.8, 4) is 44.5 Å². The third kappa shape index (κ3) is 6.07. The largest absolute Gasteiger partial charge is 0.206 e. The van der Waals surface area contributed by atoms with Crippen LogP contribution in [-0.2, 0) is 0 Å². The molecule has 0 aliphatic carbocycles. The maximum atomic E-state index is 14.3. The second-order valence-electron chi connectivity index (χ2n) is 9.87. The Morgan fingerprint density at radius 2 is 0.727 bits per heavy atom.